The van der Waals surface area contributed by atoms with Gasteiger partial charge >= 0.3 is 6.03 Å². The Kier molecular flexibility index (Phi) is 15.4. The summed E-state index contributed by atoms with van der Waals surface area (Å²) in [5.74, 6) is 0.531. The first-order valence-corrected chi connectivity index (χ1v) is 12.0. The number of anilines is 1. The second kappa shape index (κ2) is 17.8. The van der Waals surface area contributed by atoms with Crippen molar-refractivity contribution in [3.63, 3.8) is 0 Å². The van der Waals surface area contributed by atoms with Crippen LogP contribution < -0.4 is 15.4 Å². The second-order valence-corrected chi connectivity index (χ2v) is 8.01. The number of unbranched alkanes of at least 4 members (excludes halogenated alkanes) is 11. The number of hydrogen-bond donors (Lipinski definition) is 2. The minimum absolute atomic E-state index is 0.266. The fourth-order valence-corrected chi connectivity index (χ4v) is 3.35. The fourth-order valence-electron chi connectivity index (χ4n) is 3.35. The molecule has 30 heavy (non-hydrogen) atoms. The number of rotatable bonds is 17. The van der Waals surface area contributed by atoms with Gasteiger partial charge in [-0.05, 0) is 37.1 Å². The topological polar surface area (TPSA) is 67.4 Å². The van der Waals surface area contributed by atoms with E-state index in [1.165, 1.54) is 70.6 Å². The number of nitrogens with one attached hydrogen (secondary N) is 2. The monoisotopic (exact) mass is 418 g/mol. The highest BCUT2D eigenvalue weighted by Crippen LogP contribution is 2.17. The molecule has 0 heterocycles. The van der Waals surface area contributed by atoms with Crippen LogP contribution in [0.5, 0.6) is 5.75 Å². The zero-order valence-corrected chi connectivity index (χ0v) is 19.1. The molecule has 0 bridgehead atoms. The smallest absolute Gasteiger partial charge is 0.325 e. The average Bonchev–Trinajstić information content (AvgIpc) is 2.72. The first-order valence-electron chi connectivity index (χ1n) is 12.0. The Bertz CT molecular complexity index is 572. The second-order valence-electron chi connectivity index (χ2n) is 8.01. The van der Waals surface area contributed by atoms with Gasteiger partial charge in [0.25, 0.3) is 0 Å². The lowest BCUT2D eigenvalue weighted by Crippen LogP contribution is -2.34. The van der Waals surface area contributed by atoms with Crippen molar-refractivity contribution >= 4 is 17.6 Å². The molecule has 170 valence electrons. The number of carbonyl (C=O) groups is 2. The van der Waals surface area contributed by atoms with Crippen LogP contribution in [0.15, 0.2) is 24.3 Å². The number of benzene rings is 1. The zero-order chi connectivity index (χ0) is 21.9. The molecular weight excluding hydrogens is 376 g/mol. The van der Waals surface area contributed by atoms with Gasteiger partial charge in [0.05, 0.1) is 6.61 Å². The Morgan fingerprint density at radius 1 is 0.733 bits per heavy atom. The first kappa shape index (κ1) is 26.0. The molecule has 0 aliphatic carbocycles. The van der Waals surface area contributed by atoms with Crippen molar-refractivity contribution < 1.29 is 14.3 Å². The summed E-state index contributed by atoms with van der Waals surface area (Å²) in [5.41, 5.74) is 0.634. The maximum atomic E-state index is 11.7. The van der Waals surface area contributed by atoms with Gasteiger partial charge in [0.2, 0.25) is 5.91 Å². The van der Waals surface area contributed by atoms with Gasteiger partial charge in [0.15, 0.2) is 0 Å². The van der Waals surface area contributed by atoms with Crippen LogP contribution in [-0.2, 0) is 4.79 Å². The molecule has 0 saturated carbocycles. The molecule has 0 aliphatic heterocycles. The SMILES string of the molecule is CCCCCCCCCCCCCCOc1ccc(NC(=O)NC(=O)CCC)cc1. The molecule has 0 aliphatic rings. The summed E-state index contributed by atoms with van der Waals surface area (Å²) in [6.45, 7) is 4.88. The summed E-state index contributed by atoms with van der Waals surface area (Å²) in [5, 5.41) is 4.95. The van der Waals surface area contributed by atoms with Crippen molar-refractivity contribution in [1.29, 1.82) is 0 Å². The first-order chi connectivity index (χ1) is 14.7. The molecule has 2 N–H and O–H groups in total. The van der Waals surface area contributed by atoms with E-state index in [1.807, 2.05) is 19.1 Å². The Balaban J connectivity index is 2.01. The molecule has 0 fully saturated rings. The maximum Gasteiger partial charge on any atom is 0.325 e. The normalized spacial score (nSPS) is 10.6. The molecule has 0 atom stereocenters. The minimum Gasteiger partial charge on any atom is -0.494 e. The molecule has 0 unspecified atom stereocenters. The summed E-state index contributed by atoms with van der Waals surface area (Å²) in [4.78, 5) is 23.1. The molecule has 5 nitrogen and oxygen atoms in total. The molecule has 0 aromatic heterocycles. The van der Waals surface area contributed by atoms with Crippen molar-refractivity contribution in [2.75, 3.05) is 11.9 Å². The molecule has 1 rings (SSSR count). The van der Waals surface area contributed by atoms with Crippen molar-refractivity contribution in [3.05, 3.63) is 24.3 Å². The third-order valence-corrected chi connectivity index (χ3v) is 5.11. The van der Waals surface area contributed by atoms with Crippen LogP contribution in [0.1, 0.15) is 104 Å². The Morgan fingerprint density at radius 2 is 1.27 bits per heavy atom. The molecular formula is C25H42N2O3. The van der Waals surface area contributed by atoms with E-state index in [0.29, 0.717) is 18.5 Å². The predicted octanol–water partition coefficient (Wildman–Crippen LogP) is 7.21. The number of urea groups is 1. The zero-order valence-electron chi connectivity index (χ0n) is 19.1. The van der Waals surface area contributed by atoms with Crippen LogP contribution in [-0.4, -0.2) is 18.5 Å². The van der Waals surface area contributed by atoms with Crippen LogP contribution in [0.3, 0.4) is 0 Å². The lowest BCUT2D eigenvalue weighted by molar-refractivity contribution is -0.119. The fraction of sp³-hybridized carbons (Fsp3) is 0.680. The third-order valence-electron chi connectivity index (χ3n) is 5.11. The summed E-state index contributed by atoms with van der Waals surface area (Å²) < 4.78 is 5.77. The number of ether oxygens (including phenoxy) is 1. The Hall–Kier alpha value is -2.04. The predicted molar refractivity (Wildman–Crippen MR) is 125 cm³/mol. The van der Waals surface area contributed by atoms with Crippen LogP contribution >= 0.6 is 0 Å². The van der Waals surface area contributed by atoms with Gasteiger partial charge in [-0.2, -0.15) is 0 Å². The lowest BCUT2D eigenvalue weighted by atomic mass is 10.1. The minimum atomic E-state index is -0.501. The van der Waals surface area contributed by atoms with E-state index < -0.39 is 6.03 Å². The average molecular weight is 419 g/mol. The van der Waals surface area contributed by atoms with Gasteiger partial charge in [-0.1, -0.05) is 84.5 Å². The van der Waals surface area contributed by atoms with Crippen molar-refractivity contribution in [1.82, 2.24) is 5.32 Å². The quantitative estimate of drug-likeness (QED) is 0.263. The number of hydrogen-bond acceptors (Lipinski definition) is 3. The van der Waals surface area contributed by atoms with Crippen molar-refractivity contribution in [2.45, 2.75) is 104 Å². The van der Waals surface area contributed by atoms with Gasteiger partial charge in [-0.15, -0.1) is 0 Å². The summed E-state index contributed by atoms with van der Waals surface area (Å²) in [6.07, 6.45) is 17.0. The van der Waals surface area contributed by atoms with Crippen LogP contribution in [0.4, 0.5) is 10.5 Å². The summed E-state index contributed by atoms with van der Waals surface area (Å²) >= 11 is 0. The number of amides is 3. The number of imide groups is 1. The molecule has 5 heteroatoms. The van der Waals surface area contributed by atoms with Crippen LogP contribution in [0.25, 0.3) is 0 Å². The van der Waals surface area contributed by atoms with Crippen molar-refractivity contribution in [2.24, 2.45) is 0 Å². The molecule has 0 saturated heterocycles. The Labute approximate surface area is 183 Å². The van der Waals surface area contributed by atoms with E-state index in [2.05, 4.69) is 17.6 Å². The molecule has 1 aromatic carbocycles. The summed E-state index contributed by atoms with van der Waals surface area (Å²) in [7, 11) is 0. The largest absolute Gasteiger partial charge is 0.494 e. The Morgan fingerprint density at radius 3 is 1.80 bits per heavy atom. The van der Waals surface area contributed by atoms with Gasteiger partial charge in [0.1, 0.15) is 5.75 Å². The van der Waals surface area contributed by atoms with Crippen LogP contribution in [0.2, 0.25) is 0 Å². The van der Waals surface area contributed by atoms with Crippen molar-refractivity contribution in [3.8, 4) is 5.75 Å². The van der Waals surface area contributed by atoms with E-state index >= 15 is 0 Å². The highest BCUT2D eigenvalue weighted by atomic mass is 16.5. The van der Waals surface area contributed by atoms with Gasteiger partial charge in [-0.25, -0.2) is 4.79 Å². The van der Waals surface area contributed by atoms with E-state index in [-0.39, 0.29) is 5.91 Å². The third kappa shape index (κ3) is 14.0. The highest BCUT2D eigenvalue weighted by Gasteiger charge is 2.06. The molecule has 1 aromatic rings. The van der Waals surface area contributed by atoms with Crippen LogP contribution in [0, 0.1) is 0 Å². The highest BCUT2D eigenvalue weighted by molar-refractivity contribution is 6.01. The molecule has 0 radical (unpaired) electrons. The maximum absolute atomic E-state index is 11.7. The van der Waals surface area contributed by atoms with Gasteiger partial charge < -0.3 is 10.1 Å². The van der Waals surface area contributed by atoms with Gasteiger partial charge in [0, 0.05) is 12.1 Å². The van der Waals surface area contributed by atoms with E-state index in [4.69, 9.17) is 4.74 Å². The van der Waals surface area contributed by atoms with E-state index in [1.54, 1.807) is 12.1 Å². The number of carbonyl (C=O) groups excluding carboxylic acids is 2. The standard InChI is InChI=1S/C25H42N2O3/c1-3-5-6-7-8-9-10-11-12-13-14-15-21-30-23-19-17-22(18-20-23)26-25(29)27-24(28)16-4-2/h17-20H,3-16,21H2,1-2H3,(H2,26,27,28,29). The van der Waals surface area contributed by atoms with Gasteiger partial charge in [-0.3, -0.25) is 10.1 Å². The van der Waals surface area contributed by atoms with E-state index in [0.717, 1.165) is 18.8 Å². The molecule has 3 amide bonds. The molecule has 0 spiro atoms. The lowest BCUT2D eigenvalue weighted by Gasteiger charge is -2.09. The van der Waals surface area contributed by atoms with E-state index in [9.17, 15) is 9.59 Å². The summed E-state index contributed by atoms with van der Waals surface area (Å²) in [6, 6.07) is 6.73.